The number of anilines is 1. The summed E-state index contributed by atoms with van der Waals surface area (Å²) >= 11 is 1.74. The van der Waals surface area contributed by atoms with Crippen molar-refractivity contribution in [1.82, 2.24) is 0 Å². The first-order valence-corrected chi connectivity index (χ1v) is 6.19. The van der Waals surface area contributed by atoms with Crippen LogP contribution < -0.4 is 5.32 Å². The molecule has 1 aromatic carbocycles. The van der Waals surface area contributed by atoms with Crippen molar-refractivity contribution >= 4 is 17.4 Å². The lowest BCUT2D eigenvalue weighted by molar-refractivity contribution is 0.627. The van der Waals surface area contributed by atoms with Crippen molar-refractivity contribution in [3.05, 3.63) is 29.6 Å². The monoisotopic (exact) mass is 238 g/mol. The molecule has 0 unspecified atom stereocenters. The molecule has 0 heterocycles. The number of rotatable bonds is 4. The quantitative estimate of drug-likeness (QED) is 0.874. The van der Waals surface area contributed by atoms with E-state index in [1.54, 1.807) is 17.8 Å². The fourth-order valence-corrected chi connectivity index (χ4v) is 1.36. The molecule has 0 radical (unpaired) electrons. The SMILES string of the molecule is CSC(C)(C)CNc1cc(F)cc(C#N)c1. The van der Waals surface area contributed by atoms with Gasteiger partial charge in [0.15, 0.2) is 0 Å². The number of halogens is 1. The van der Waals surface area contributed by atoms with Gasteiger partial charge in [-0.25, -0.2) is 4.39 Å². The van der Waals surface area contributed by atoms with Gasteiger partial charge in [0, 0.05) is 17.0 Å². The number of nitrogens with zero attached hydrogens (tertiary/aromatic N) is 1. The Balaban J connectivity index is 2.75. The van der Waals surface area contributed by atoms with Crippen molar-refractivity contribution in [2.24, 2.45) is 0 Å². The summed E-state index contributed by atoms with van der Waals surface area (Å²) in [5, 5.41) is 11.9. The molecular formula is C12H15FN2S. The van der Waals surface area contributed by atoms with Crippen LogP contribution in [-0.4, -0.2) is 17.5 Å². The molecule has 0 fully saturated rings. The van der Waals surface area contributed by atoms with Crippen molar-refractivity contribution < 1.29 is 4.39 Å². The number of nitrogens with one attached hydrogen (secondary N) is 1. The van der Waals surface area contributed by atoms with E-state index in [-0.39, 0.29) is 10.6 Å². The lowest BCUT2D eigenvalue weighted by Gasteiger charge is -2.23. The number of hydrogen-bond acceptors (Lipinski definition) is 3. The van der Waals surface area contributed by atoms with E-state index in [2.05, 4.69) is 19.2 Å². The molecule has 0 aliphatic rings. The molecule has 0 spiro atoms. The summed E-state index contributed by atoms with van der Waals surface area (Å²) in [6, 6.07) is 6.21. The number of thioether (sulfide) groups is 1. The minimum atomic E-state index is -0.386. The van der Waals surface area contributed by atoms with E-state index >= 15 is 0 Å². The van der Waals surface area contributed by atoms with Crippen LogP contribution in [0.4, 0.5) is 10.1 Å². The van der Waals surface area contributed by atoms with Gasteiger partial charge in [0.05, 0.1) is 11.6 Å². The molecule has 16 heavy (non-hydrogen) atoms. The molecule has 0 aromatic heterocycles. The van der Waals surface area contributed by atoms with Crippen LogP contribution in [0.3, 0.4) is 0 Å². The minimum absolute atomic E-state index is 0.0825. The zero-order valence-corrected chi connectivity index (χ0v) is 10.5. The Bertz CT molecular complexity index is 410. The summed E-state index contributed by atoms with van der Waals surface area (Å²) in [6.45, 7) is 4.94. The topological polar surface area (TPSA) is 35.8 Å². The fourth-order valence-electron chi connectivity index (χ4n) is 1.14. The van der Waals surface area contributed by atoms with Gasteiger partial charge in [-0.15, -0.1) is 0 Å². The predicted octanol–water partition coefficient (Wildman–Crippen LogP) is 3.25. The summed E-state index contributed by atoms with van der Waals surface area (Å²) in [5.74, 6) is -0.386. The Morgan fingerprint density at radius 1 is 1.44 bits per heavy atom. The highest BCUT2D eigenvalue weighted by molar-refractivity contribution is 7.99. The number of nitriles is 1. The van der Waals surface area contributed by atoms with E-state index < -0.39 is 0 Å². The maximum atomic E-state index is 13.1. The second-order valence-electron chi connectivity index (χ2n) is 4.16. The molecule has 0 aliphatic heterocycles. The van der Waals surface area contributed by atoms with Crippen LogP contribution >= 0.6 is 11.8 Å². The Kier molecular flexibility index (Phi) is 4.19. The van der Waals surface area contributed by atoms with Crippen molar-refractivity contribution in [3.63, 3.8) is 0 Å². The molecule has 4 heteroatoms. The normalized spacial score (nSPS) is 10.9. The van der Waals surface area contributed by atoms with Gasteiger partial charge in [-0.2, -0.15) is 17.0 Å². The maximum absolute atomic E-state index is 13.1. The van der Waals surface area contributed by atoms with Crippen molar-refractivity contribution in [2.75, 3.05) is 18.1 Å². The molecule has 0 atom stereocenters. The Hall–Kier alpha value is -1.21. The minimum Gasteiger partial charge on any atom is -0.384 e. The average molecular weight is 238 g/mol. The standard InChI is InChI=1S/C12H15FN2S/c1-12(2,16-3)8-15-11-5-9(7-14)4-10(13)6-11/h4-6,15H,8H2,1-3H3. The molecule has 86 valence electrons. The first-order valence-electron chi connectivity index (χ1n) is 4.96. The van der Waals surface area contributed by atoms with Gasteiger partial charge < -0.3 is 5.32 Å². The van der Waals surface area contributed by atoms with E-state index in [9.17, 15) is 4.39 Å². The highest BCUT2D eigenvalue weighted by atomic mass is 32.2. The largest absolute Gasteiger partial charge is 0.384 e. The Morgan fingerprint density at radius 2 is 2.12 bits per heavy atom. The zero-order chi connectivity index (χ0) is 12.2. The number of hydrogen-bond donors (Lipinski definition) is 1. The molecule has 0 saturated heterocycles. The smallest absolute Gasteiger partial charge is 0.126 e. The van der Waals surface area contributed by atoms with E-state index in [0.29, 0.717) is 11.3 Å². The second kappa shape index (κ2) is 5.22. The molecule has 1 rings (SSSR count). The highest BCUT2D eigenvalue weighted by Gasteiger charge is 2.15. The van der Waals surface area contributed by atoms with Gasteiger partial charge in [0.25, 0.3) is 0 Å². The van der Waals surface area contributed by atoms with Gasteiger partial charge in [0.2, 0.25) is 0 Å². The van der Waals surface area contributed by atoms with Crippen LogP contribution in [0.1, 0.15) is 19.4 Å². The summed E-state index contributed by atoms with van der Waals surface area (Å²) in [7, 11) is 0. The molecule has 2 nitrogen and oxygen atoms in total. The lowest BCUT2D eigenvalue weighted by atomic mass is 10.1. The molecule has 0 bridgehead atoms. The third-order valence-corrected chi connectivity index (χ3v) is 3.55. The highest BCUT2D eigenvalue weighted by Crippen LogP contribution is 2.22. The molecule has 0 saturated carbocycles. The van der Waals surface area contributed by atoms with Crippen molar-refractivity contribution in [2.45, 2.75) is 18.6 Å². The Morgan fingerprint density at radius 3 is 2.69 bits per heavy atom. The predicted molar refractivity (Wildman–Crippen MR) is 67.2 cm³/mol. The van der Waals surface area contributed by atoms with Crippen molar-refractivity contribution in [3.8, 4) is 6.07 Å². The third-order valence-electron chi connectivity index (χ3n) is 2.30. The molecule has 0 amide bonds. The van der Waals surface area contributed by atoms with Gasteiger partial charge in [-0.1, -0.05) is 0 Å². The first-order chi connectivity index (χ1) is 7.46. The number of benzene rings is 1. The van der Waals surface area contributed by atoms with E-state index in [1.807, 2.05) is 12.3 Å². The van der Waals surface area contributed by atoms with E-state index in [4.69, 9.17) is 5.26 Å². The van der Waals surface area contributed by atoms with Crippen LogP contribution in [0, 0.1) is 17.1 Å². The van der Waals surface area contributed by atoms with E-state index in [1.165, 1.54) is 12.1 Å². The fraction of sp³-hybridized carbons (Fsp3) is 0.417. The maximum Gasteiger partial charge on any atom is 0.126 e. The first kappa shape index (κ1) is 12.9. The summed E-state index contributed by atoms with van der Waals surface area (Å²) < 4.78 is 13.2. The zero-order valence-electron chi connectivity index (χ0n) is 9.67. The lowest BCUT2D eigenvalue weighted by Crippen LogP contribution is -2.25. The molecule has 1 N–H and O–H groups in total. The van der Waals surface area contributed by atoms with Crippen molar-refractivity contribution in [1.29, 1.82) is 5.26 Å². The van der Waals surface area contributed by atoms with Gasteiger partial charge in [-0.05, 0) is 38.3 Å². The van der Waals surface area contributed by atoms with E-state index in [0.717, 1.165) is 6.54 Å². The summed E-state index contributed by atoms with van der Waals surface area (Å²) in [6.07, 6.45) is 2.04. The second-order valence-corrected chi connectivity index (χ2v) is 5.67. The Labute approximate surface area is 99.9 Å². The molecule has 1 aromatic rings. The average Bonchev–Trinajstić information content (AvgIpc) is 2.26. The third kappa shape index (κ3) is 3.74. The molecule has 0 aliphatic carbocycles. The summed E-state index contributed by atoms with van der Waals surface area (Å²) in [4.78, 5) is 0. The van der Waals surface area contributed by atoms with Crippen LogP contribution in [-0.2, 0) is 0 Å². The van der Waals surface area contributed by atoms with Gasteiger partial charge in [0.1, 0.15) is 5.82 Å². The van der Waals surface area contributed by atoms with Crippen LogP contribution in [0.15, 0.2) is 18.2 Å². The van der Waals surface area contributed by atoms with Crippen LogP contribution in [0.25, 0.3) is 0 Å². The summed E-state index contributed by atoms with van der Waals surface area (Å²) in [5.41, 5.74) is 0.989. The van der Waals surface area contributed by atoms with Gasteiger partial charge in [-0.3, -0.25) is 0 Å². The van der Waals surface area contributed by atoms with Crippen LogP contribution in [0.5, 0.6) is 0 Å². The molecular weight excluding hydrogens is 223 g/mol. The van der Waals surface area contributed by atoms with Crippen LogP contribution in [0.2, 0.25) is 0 Å². The van der Waals surface area contributed by atoms with Gasteiger partial charge >= 0.3 is 0 Å².